The van der Waals surface area contributed by atoms with Gasteiger partial charge in [0.15, 0.2) is 9.84 Å². The summed E-state index contributed by atoms with van der Waals surface area (Å²) in [4.78, 5) is 4.25. The van der Waals surface area contributed by atoms with Gasteiger partial charge in [-0.2, -0.15) is 0 Å². The summed E-state index contributed by atoms with van der Waals surface area (Å²) in [5.41, 5.74) is 1.03. The Bertz CT molecular complexity index is 528. The number of nitrogens with one attached hydrogen (secondary N) is 1. The van der Waals surface area contributed by atoms with E-state index in [4.69, 9.17) is 0 Å². The van der Waals surface area contributed by atoms with Crippen LogP contribution in [-0.4, -0.2) is 56.5 Å². The Morgan fingerprint density at radius 2 is 2.05 bits per heavy atom. The fraction of sp³-hybridized carbons (Fsp3) is 0.462. The first-order valence-electron chi connectivity index (χ1n) is 6.23. The monoisotopic (exact) mass is 282 g/mol. The van der Waals surface area contributed by atoms with E-state index in [2.05, 4.69) is 10.3 Å². The van der Waals surface area contributed by atoms with Crippen LogP contribution in [0, 0.1) is 0 Å². The van der Waals surface area contributed by atoms with Gasteiger partial charge >= 0.3 is 0 Å². The zero-order valence-electron chi connectivity index (χ0n) is 10.6. The number of nitrogens with zero attached hydrogens (tertiary/aromatic N) is 1. The van der Waals surface area contributed by atoms with Gasteiger partial charge in [0.2, 0.25) is 0 Å². The van der Waals surface area contributed by atoms with Crippen LogP contribution in [0.15, 0.2) is 35.3 Å². The van der Waals surface area contributed by atoms with Crippen LogP contribution >= 0.6 is 0 Å². The van der Waals surface area contributed by atoms with Gasteiger partial charge in [0.25, 0.3) is 0 Å². The van der Waals surface area contributed by atoms with Crippen molar-refractivity contribution in [3.8, 4) is 0 Å². The van der Waals surface area contributed by atoms with E-state index in [1.807, 2.05) is 30.3 Å². The molecule has 0 amide bonds. The highest BCUT2D eigenvalue weighted by Crippen LogP contribution is 2.11. The maximum absolute atomic E-state index is 11.3. The van der Waals surface area contributed by atoms with Crippen LogP contribution in [0.25, 0.3) is 0 Å². The van der Waals surface area contributed by atoms with E-state index in [0.29, 0.717) is 13.1 Å². The summed E-state index contributed by atoms with van der Waals surface area (Å²) in [6.07, 6.45) is 0.979. The summed E-state index contributed by atoms with van der Waals surface area (Å²) >= 11 is 0. The minimum atomic E-state index is -3.08. The summed E-state index contributed by atoms with van der Waals surface area (Å²) in [5, 5.41) is 12.6. The SMILES string of the molecule is O=S1(=O)C[C@@H](O)[C@H](NCCN=Cc2ccccc2)C1. The van der Waals surface area contributed by atoms with Crippen LogP contribution in [0.5, 0.6) is 0 Å². The van der Waals surface area contributed by atoms with Crippen molar-refractivity contribution in [3.63, 3.8) is 0 Å². The van der Waals surface area contributed by atoms with Gasteiger partial charge in [0.1, 0.15) is 0 Å². The zero-order chi connectivity index (χ0) is 13.7. The highest BCUT2D eigenvalue weighted by Gasteiger charge is 2.35. The van der Waals surface area contributed by atoms with Crippen LogP contribution < -0.4 is 5.32 Å². The topological polar surface area (TPSA) is 78.8 Å². The number of sulfone groups is 1. The molecule has 0 aromatic heterocycles. The van der Waals surface area contributed by atoms with Crippen molar-refractivity contribution in [2.45, 2.75) is 12.1 Å². The lowest BCUT2D eigenvalue weighted by Crippen LogP contribution is -2.40. The Morgan fingerprint density at radius 1 is 1.32 bits per heavy atom. The molecule has 2 atom stereocenters. The molecule has 19 heavy (non-hydrogen) atoms. The van der Waals surface area contributed by atoms with E-state index < -0.39 is 15.9 Å². The van der Waals surface area contributed by atoms with Crippen molar-refractivity contribution in [1.82, 2.24) is 5.32 Å². The van der Waals surface area contributed by atoms with Crippen molar-refractivity contribution in [1.29, 1.82) is 0 Å². The normalized spacial score (nSPS) is 25.9. The Hall–Kier alpha value is -1.24. The van der Waals surface area contributed by atoms with E-state index in [1.54, 1.807) is 6.21 Å². The molecule has 104 valence electrons. The molecule has 0 spiro atoms. The number of rotatable bonds is 5. The van der Waals surface area contributed by atoms with Crippen LogP contribution in [0.3, 0.4) is 0 Å². The number of aliphatic hydroxyl groups excluding tert-OH is 1. The molecular weight excluding hydrogens is 264 g/mol. The molecule has 1 heterocycles. The third kappa shape index (κ3) is 4.41. The maximum atomic E-state index is 11.3. The van der Waals surface area contributed by atoms with Crippen LogP contribution in [0.2, 0.25) is 0 Å². The van der Waals surface area contributed by atoms with Crippen LogP contribution in [-0.2, 0) is 9.84 Å². The number of aliphatic hydroxyl groups is 1. The van der Waals surface area contributed by atoms with Gasteiger partial charge in [-0.1, -0.05) is 30.3 Å². The molecule has 0 unspecified atom stereocenters. The van der Waals surface area contributed by atoms with Crippen molar-refractivity contribution < 1.29 is 13.5 Å². The third-order valence-electron chi connectivity index (χ3n) is 3.01. The molecule has 1 saturated heterocycles. The predicted octanol–water partition coefficient (Wildman–Crippen LogP) is -0.147. The van der Waals surface area contributed by atoms with Gasteiger partial charge in [-0.15, -0.1) is 0 Å². The third-order valence-corrected chi connectivity index (χ3v) is 4.73. The molecule has 1 aromatic carbocycles. The Balaban J connectivity index is 1.72. The molecule has 0 bridgehead atoms. The van der Waals surface area contributed by atoms with Crippen molar-refractivity contribution in [3.05, 3.63) is 35.9 Å². The highest BCUT2D eigenvalue weighted by molar-refractivity contribution is 7.91. The average Bonchev–Trinajstić information content (AvgIpc) is 2.63. The molecule has 2 N–H and O–H groups in total. The van der Waals surface area contributed by atoms with Crippen molar-refractivity contribution in [2.24, 2.45) is 4.99 Å². The molecule has 5 nitrogen and oxygen atoms in total. The summed E-state index contributed by atoms with van der Waals surface area (Å²) in [6.45, 7) is 1.11. The Kier molecular flexibility index (Phi) is 4.68. The lowest BCUT2D eigenvalue weighted by atomic mass is 10.2. The van der Waals surface area contributed by atoms with Crippen molar-refractivity contribution in [2.75, 3.05) is 24.6 Å². The average molecular weight is 282 g/mol. The molecule has 2 rings (SSSR count). The summed E-state index contributed by atoms with van der Waals surface area (Å²) in [6, 6.07) is 9.39. The van der Waals surface area contributed by atoms with E-state index in [9.17, 15) is 13.5 Å². The first kappa shape index (κ1) is 14.2. The molecule has 1 aliphatic rings. The largest absolute Gasteiger partial charge is 0.390 e. The second-order valence-corrected chi connectivity index (χ2v) is 6.80. The number of hydrogen-bond acceptors (Lipinski definition) is 5. The van der Waals surface area contributed by atoms with E-state index >= 15 is 0 Å². The Morgan fingerprint density at radius 3 is 2.68 bits per heavy atom. The first-order valence-corrected chi connectivity index (χ1v) is 8.06. The Labute approximate surface area is 113 Å². The summed E-state index contributed by atoms with van der Waals surface area (Å²) in [5.74, 6) is -0.130. The maximum Gasteiger partial charge on any atom is 0.154 e. The van der Waals surface area contributed by atoms with Crippen LogP contribution in [0.1, 0.15) is 5.56 Å². The predicted molar refractivity (Wildman–Crippen MR) is 75.4 cm³/mol. The van der Waals surface area contributed by atoms with E-state index in [1.165, 1.54) is 0 Å². The minimum absolute atomic E-state index is 0.0105. The highest BCUT2D eigenvalue weighted by atomic mass is 32.2. The smallest absolute Gasteiger partial charge is 0.154 e. The van der Waals surface area contributed by atoms with Crippen molar-refractivity contribution >= 4 is 16.1 Å². The van der Waals surface area contributed by atoms with E-state index in [-0.39, 0.29) is 17.5 Å². The van der Waals surface area contributed by atoms with E-state index in [0.717, 1.165) is 5.56 Å². The molecule has 1 fully saturated rings. The van der Waals surface area contributed by atoms with Gasteiger partial charge in [0, 0.05) is 18.8 Å². The summed E-state index contributed by atoms with van der Waals surface area (Å²) < 4.78 is 22.6. The summed E-state index contributed by atoms with van der Waals surface area (Å²) in [7, 11) is -3.08. The van der Waals surface area contributed by atoms with Gasteiger partial charge in [0.05, 0.1) is 24.2 Å². The molecule has 0 aliphatic carbocycles. The van der Waals surface area contributed by atoms with Gasteiger partial charge in [-0.05, 0) is 5.56 Å². The lowest BCUT2D eigenvalue weighted by Gasteiger charge is -2.13. The molecule has 6 heteroatoms. The lowest BCUT2D eigenvalue weighted by molar-refractivity contribution is 0.167. The van der Waals surface area contributed by atoms with Crippen LogP contribution in [0.4, 0.5) is 0 Å². The molecule has 1 aromatic rings. The van der Waals surface area contributed by atoms with Gasteiger partial charge < -0.3 is 10.4 Å². The second kappa shape index (κ2) is 6.27. The molecule has 0 saturated carbocycles. The first-order chi connectivity index (χ1) is 9.07. The molecular formula is C13H18N2O3S. The molecule has 0 radical (unpaired) electrons. The number of benzene rings is 1. The standard InChI is InChI=1S/C13H18N2O3S/c16-13-10-19(17,18)9-12(13)15-7-6-14-8-11-4-2-1-3-5-11/h1-5,8,12-13,15-16H,6-7,9-10H2/t12-,13-/m1/s1. The van der Waals surface area contributed by atoms with Gasteiger partial charge in [-0.25, -0.2) is 8.42 Å². The fourth-order valence-corrected chi connectivity index (χ4v) is 3.82. The molecule has 1 aliphatic heterocycles. The quantitative estimate of drug-likeness (QED) is 0.582. The van der Waals surface area contributed by atoms with Gasteiger partial charge in [-0.3, -0.25) is 4.99 Å². The zero-order valence-corrected chi connectivity index (χ0v) is 11.4. The number of hydrogen-bond donors (Lipinski definition) is 2. The number of aliphatic imine (C=N–C) groups is 1. The minimum Gasteiger partial charge on any atom is -0.390 e. The fourth-order valence-electron chi connectivity index (χ4n) is 2.05. The second-order valence-electron chi connectivity index (χ2n) is 4.65.